The summed E-state index contributed by atoms with van der Waals surface area (Å²) in [7, 11) is -3.68. The summed E-state index contributed by atoms with van der Waals surface area (Å²) in [6, 6.07) is 13.0. The molecule has 1 atom stereocenters. The van der Waals surface area contributed by atoms with E-state index >= 15 is 0 Å². The molecular weight excluding hydrogens is 317 g/mol. The first kappa shape index (κ1) is 15.3. The maximum atomic E-state index is 12.3. The van der Waals surface area contributed by atoms with Crippen LogP contribution in [0.25, 0.3) is 0 Å². The summed E-state index contributed by atoms with van der Waals surface area (Å²) >= 11 is 11.8. The largest absolute Gasteiger partial charge is 0.242 e. The summed E-state index contributed by atoms with van der Waals surface area (Å²) in [5.74, 6) is 0. The molecule has 1 N–H and O–H groups in total. The molecule has 0 aromatic heterocycles. The number of rotatable bonds is 4. The highest BCUT2D eigenvalue weighted by Gasteiger charge is 2.20. The Kier molecular flexibility index (Phi) is 4.70. The highest BCUT2D eigenvalue weighted by atomic mass is 35.5. The Morgan fingerprint density at radius 3 is 2.40 bits per heavy atom. The molecule has 2 aromatic carbocycles. The van der Waals surface area contributed by atoms with Gasteiger partial charge in [-0.25, -0.2) is 13.1 Å². The van der Waals surface area contributed by atoms with Gasteiger partial charge in [0.25, 0.3) is 0 Å². The number of nitrogens with one attached hydrogen (secondary N) is 1. The van der Waals surface area contributed by atoms with Crippen molar-refractivity contribution in [2.45, 2.75) is 17.9 Å². The summed E-state index contributed by atoms with van der Waals surface area (Å²) in [6.45, 7) is 1.75. The lowest BCUT2D eigenvalue weighted by Crippen LogP contribution is -2.27. The molecule has 0 spiro atoms. The van der Waals surface area contributed by atoms with Crippen molar-refractivity contribution < 1.29 is 8.42 Å². The van der Waals surface area contributed by atoms with Crippen LogP contribution >= 0.6 is 23.2 Å². The highest BCUT2D eigenvalue weighted by Crippen LogP contribution is 2.24. The van der Waals surface area contributed by atoms with E-state index in [2.05, 4.69) is 4.72 Å². The van der Waals surface area contributed by atoms with Crippen LogP contribution < -0.4 is 4.72 Å². The van der Waals surface area contributed by atoms with E-state index in [1.165, 1.54) is 6.07 Å². The third-order valence-electron chi connectivity index (χ3n) is 2.81. The standard InChI is InChI=1S/C14H13Cl2NO2S/c1-10(11-5-4-6-12(15)9-11)17-20(18,19)14-8-3-2-7-13(14)16/h2-10,17H,1H3/t10-/m0/s1. The second-order valence-corrected chi connectivity index (χ2v) is 6.85. The molecule has 106 valence electrons. The fourth-order valence-electron chi connectivity index (χ4n) is 1.80. The van der Waals surface area contributed by atoms with Crippen LogP contribution in [0, 0.1) is 0 Å². The lowest BCUT2D eigenvalue weighted by atomic mass is 10.1. The van der Waals surface area contributed by atoms with Gasteiger partial charge in [0.05, 0.1) is 5.02 Å². The normalized spacial score (nSPS) is 13.2. The summed E-state index contributed by atoms with van der Waals surface area (Å²) in [6.07, 6.45) is 0. The van der Waals surface area contributed by atoms with Crippen molar-refractivity contribution in [3.05, 3.63) is 64.1 Å². The molecule has 2 rings (SSSR count). The second-order valence-electron chi connectivity index (χ2n) is 4.33. The van der Waals surface area contributed by atoms with Crippen molar-refractivity contribution in [2.24, 2.45) is 0 Å². The minimum atomic E-state index is -3.68. The molecule has 0 saturated carbocycles. The number of hydrogen-bond acceptors (Lipinski definition) is 2. The molecule has 0 aliphatic rings. The van der Waals surface area contributed by atoms with Gasteiger partial charge in [0.1, 0.15) is 4.90 Å². The Hall–Kier alpha value is -1.07. The second kappa shape index (κ2) is 6.14. The summed E-state index contributed by atoms with van der Waals surface area (Å²) in [5, 5.41) is 0.754. The van der Waals surface area contributed by atoms with Crippen LogP contribution in [-0.4, -0.2) is 8.42 Å². The van der Waals surface area contributed by atoms with Crippen molar-refractivity contribution in [3.63, 3.8) is 0 Å². The van der Waals surface area contributed by atoms with Crippen molar-refractivity contribution in [1.29, 1.82) is 0 Å². The zero-order valence-electron chi connectivity index (χ0n) is 10.7. The molecule has 3 nitrogen and oxygen atoms in total. The van der Waals surface area contributed by atoms with E-state index in [4.69, 9.17) is 23.2 Å². The molecule has 0 saturated heterocycles. The van der Waals surface area contributed by atoms with Crippen LogP contribution in [0.5, 0.6) is 0 Å². The van der Waals surface area contributed by atoms with Gasteiger partial charge in [0.2, 0.25) is 10.0 Å². The summed E-state index contributed by atoms with van der Waals surface area (Å²) < 4.78 is 27.2. The summed E-state index contributed by atoms with van der Waals surface area (Å²) in [4.78, 5) is 0.0653. The van der Waals surface area contributed by atoms with E-state index in [1.807, 2.05) is 6.07 Å². The maximum Gasteiger partial charge on any atom is 0.242 e. The minimum Gasteiger partial charge on any atom is -0.207 e. The molecule has 0 amide bonds. The lowest BCUT2D eigenvalue weighted by molar-refractivity contribution is 0.567. The Morgan fingerprint density at radius 1 is 1.05 bits per heavy atom. The van der Waals surface area contributed by atoms with E-state index < -0.39 is 16.1 Å². The third kappa shape index (κ3) is 3.52. The van der Waals surface area contributed by atoms with Gasteiger partial charge in [-0.2, -0.15) is 0 Å². The number of sulfonamides is 1. The molecule has 6 heteroatoms. The Bertz CT molecular complexity index is 717. The highest BCUT2D eigenvalue weighted by molar-refractivity contribution is 7.89. The van der Waals surface area contributed by atoms with Gasteiger partial charge in [-0.3, -0.25) is 0 Å². The molecule has 0 unspecified atom stereocenters. The smallest absolute Gasteiger partial charge is 0.207 e. The molecule has 0 fully saturated rings. The number of benzene rings is 2. The van der Waals surface area contributed by atoms with Gasteiger partial charge in [0, 0.05) is 11.1 Å². The molecule has 0 aliphatic carbocycles. The van der Waals surface area contributed by atoms with Gasteiger partial charge in [-0.05, 0) is 36.8 Å². The van der Waals surface area contributed by atoms with Crippen LogP contribution in [0.3, 0.4) is 0 Å². The Balaban J connectivity index is 2.27. The first-order valence-corrected chi connectivity index (χ1v) is 8.16. The predicted octanol–water partition coefficient (Wildman–Crippen LogP) is 4.03. The average Bonchev–Trinajstić information content (AvgIpc) is 2.38. The van der Waals surface area contributed by atoms with E-state index in [0.717, 1.165) is 5.56 Å². The van der Waals surface area contributed by atoms with E-state index in [1.54, 1.807) is 43.3 Å². The minimum absolute atomic E-state index is 0.0653. The van der Waals surface area contributed by atoms with Crippen LogP contribution in [0.2, 0.25) is 10.0 Å². The number of hydrogen-bond donors (Lipinski definition) is 1. The summed E-state index contributed by atoms with van der Waals surface area (Å²) in [5.41, 5.74) is 0.785. The monoisotopic (exact) mass is 329 g/mol. The molecule has 0 bridgehead atoms. The first-order chi connectivity index (χ1) is 9.40. The van der Waals surface area contributed by atoms with Crippen molar-refractivity contribution in [3.8, 4) is 0 Å². The Morgan fingerprint density at radius 2 is 1.75 bits per heavy atom. The van der Waals surface area contributed by atoms with Crippen molar-refractivity contribution >= 4 is 33.2 Å². The van der Waals surface area contributed by atoms with Gasteiger partial charge in [-0.1, -0.05) is 47.5 Å². The average molecular weight is 330 g/mol. The molecule has 20 heavy (non-hydrogen) atoms. The van der Waals surface area contributed by atoms with Gasteiger partial charge in [0.15, 0.2) is 0 Å². The van der Waals surface area contributed by atoms with E-state index in [9.17, 15) is 8.42 Å². The first-order valence-electron chi connectivity index (χ1n) is 5.92. The zero-order valence-corrected chi connectivity index (χ0v) is 13.0. The van der Waals surface area contributed by atoms with Crippen LogP contribution in [0.4, 0.5) is 0 Å². The maximum absolute atomic E-state index is 12.3. The molecule has 0 heterocycles. The Labute approximate surface area is 128 Å². The third-order valence-corrected chi connectivity index (χ3v) is 5.08. The fourth-order valence-corrected chi connectivity index (χ4v) is 3.75. The molecule has 0 aliphatic heterocycles. The SMILES string of the molecule is C[C@H](NS(=O)(=O)c1ccccc1Cl)c1cccc(Cl)c1. The quantitative estimate of drug-likeness (QED) is 0.920. The zero-order chi connectivity index (χ0) is 14.8. The molecule has 2 aromatic rings. The number of halogens is 2. The van der Waals surface area contributed by atoms with Gasteiger partial charge < -0.3 is 0 Å². The van der Waals surface area contributed by atoms with Crippen LogP contribution in [0.1, 0.15) is 18.5 Å². The van der Waals surface area contributed by atoms with Gasteiger partial charge >= 0.3 is 0 Å². The van der Waals surface area contributed by atoms with Crippen LogP contribution in [0.15, 0.2) is 53.4 Å². The lowest BCUT2D eigenvalue weighted by Gasteiger charge is -2.15. The van der Waals surface area contributed by atoms with E-state index in [0.29, 0.717) is 5.02 Å². The fraction of sp³-hybridized carbons (Fsp3) is 0.143. The van der Waals surface area contributed by atoms with E-state index in [-0.39, 0.29) is 9.92 Å². The van der Waals surface area contributed by atoms with Crippen LogP contribution in [-0.2, 0) is 10.0 Å². The molecular formula is C14H13Cl2NO2S. The van der Waals surface area contributed by atoms with Crippen molar-refractivity contribution in [2.75, 3.05) is 0 Å². The van der Waals surface area contributed by atoms with Crippen molar-refractivity contribution in [1.82, 2.24) is 4.72 Å². The van der Waals surface area contributed by atoms with Gasteiger partial charge in [-0.15, -0.1) is 0 Å². The molecule has 0 radical (unpaired) electrons. The predicted molar refractivity (Wildman–Crippen MR) is 81.6 cm³/mol. The topological polar surface area (TPSA) is 46.2 Å².